The number of carbonyl (C=O) groups is 7. The van der Waals surface area contributed by atoms with Gasteiger partial charge in [0.15, 0.2) is 0 Å². The minimum absolute atomic E-state index is 0. The van der Waals surface area contributed by atoms with E-state index in [2.05, 4.69) is 0 Å². The molecule has 5 aliphatic heterocycles. The predicted octanol–water partition coefficient (Wildman–Crippen LogP) is 7.51. The number of aliphatic imine (C=N–C) groups is 3. The summed E-state index contributed by atoms with van der Waals surface area (Å²) in [6.45, 7) is 25.1. The second-order valence-corrected chi connectivity index (χ2v) is 20.7. The van der Waals surface area contributed by atoms with Crippen molar-refractivity contribution >= 4 is 58.9 Å². The van der Waals surface area contributed by atoms with Crippen LogP contribution in [-0.2, 0) is 83.5 Å². The van der Waals surface area contributed by atoms with Crippen LogP contribution in [0, 0.1) is 69.0 Å². The van der Waals surface area contributed by atoms with Crippen LogP contribution >= 0.6 is 0 Å². The van der Waals surface area contributed by atoms with Crippen LogP contribution in [0.2, 0.25) is 0 Å². The molecule has 0 N–H and O–H groups in total. The number of hydrogen-bond donors (Lipinski definition) is 0. The molecule has 5 aliphatic rings. The van der Waals surface area contributed by atoms with Crippen LogP contribution in [0.25, 0.3) is 5.32 Å². The molecule has 9 atom stereocenters. The maximum atomic E-state index is 14.0. The molecule has 0 aromatic carbocycles. The average Bonchev–Trinajstić information content (AvgIpc) is 4.01. The van der Waals surface area contributed by atoms with Crippen LogP contribution in [-0.4, -0.2) is 120 Å². The maximum Gasteiger partial charge on any atom is 3.00 e. The fourth-order valence-electron chi connectivity index (χ4n) is 12.2. The monoisotopic (exact) mass is 1100 g/mol. The summed E-state index contributed by atoms with van der Waals surface area (Å²) in [5.74, 6) is -5.83. The molecule has 0 aromatic heterocycles. The van der Waals surface area contributed by atoms with Crippen LogP contribution in [0.1, 0.15) is 126 Å². The van der Waals surface area contributed by atoms with E-state index in [1.165, 1.54) is 49.8 Å². The second kappa shape index (κ2) is 26.5. The Hall–Kier alpha value is -6.19. The van der Waals surface area contributed by atoms with E-state index in [4.69, 9.17) is 77.1 Å². The molecular formula is C54H73CoN6O14. The van der Waals surface area contributed by atoms with Gasteiger partial charge < -0.3 is 62.1 Å². The summed E-state index contributed by atoms with van der Waals surface area (Å²) in [4.78, 5) is 111. The normalized spacial score (nSPS) is 31.3. The van der Waals surface area contributed by atoms with Crippen molar-refractivity contribution in [3.63, 3.8) is 0 Å². The Morgan fingerprint density at radius 2 is 1.13 bits per heavy atom. The Morgan fingerprint density at radius 3 is 1.63 bits per heavy atom. The van der Waals surface area contributed by atoms with Gasteiger partial charge >= 0.3 is 58.6 Å². The van der Waals surface area contributed by atoms with Gasteiger partial charge in [-0.2, -0.15) is 5.70 Å². The molecule has 1 unspecified atom stereocenters. The standard InChI is InChI=1S/C52H73N4O14.2CN.Co/c1-28-43-31(17-20-37(58)65-10)48(3,4)35(54-43)25-34-30(16-19-36(57)64-9)50(6,26-41(62)69-14)46(53-34)29(2)44-32(18-21-38(59)66-11)51(7,27-42(63)70-15)52(8,56-44)47-33(24-40(61)68-13)49(5,45(28)55-47)23-22-39(60)67-12;2*1-2;/h25,30-33,47H,16-24,26-27H2,1-15H3;;;/q3*-1;+3/t30-,31-,32-,33+,47-,49-,50+,51+,52?;;;/m1.../s1/i30+2,31+2,32+2,35+2,46+2,47+2,49+2,52+2;;;. The largest absolute Gasteiger partial charge is 3.00 e. The van der Waals surface area contributed by atoms with E-state index in [-0.39, 0.29) is 81.0 Å². The van der Waals surface area contributed by atoms with Gasteiger partial charge in [-0.05, 0) is 68.9 Å². The van der Waals surface area contributed by atoms with Gasteiger partial charge in [-0.1, -0.05) is 40.7 Å². The average molecular weight is 1110 g/mol. The molecule has 0 radical (unpaired) electrons. The van der Waals surface area contributed by atoms with Crippen molar-refractivity contribution in [2.45, 2.75) is 138 Å². The minimum Gasteiger partial charge on any atom is -0.664 e. The van der Waals surface area contributed by atoms with Crippen LogP contribution < -0.4 is 0 Å². The van der Waals surface area contributed by atoms with Crippen molar-refractivity contribution in [1.82, 2.24) is 0 Å². The van der Waals surface area contributed by atoms with E-state index >= 15 is 0 Å². The van der Waals surface area contributed by atoms with Gasteiger partial charge in [0.1, 0.15) is 0 Å². The number of allylic oxidation sites excluding steroid dienone is 6. The molecule has 8 bridgehead atoms. The molecule has 0 aliphatic carbocycles. The number of ether oxygens (including phenoxy) is 7. The van der Waals surface area contributed by atoms with Gasteiger partial charge in [0.05, 0.1) is 80.6 Å². The van der Waals surface area contributed by atoms with Crippen molar-refractivity contribution in [3.05, 3.63) is 52.8 Å². The quantitative estimate of drug-likeness (QED) is 0.0729. The Labute approximate surface area is 451 Å². The number of hydrogen-bond acceptors (Lipinski definition) is 19. The number of carbonyl (C=O) groups excluding carboxylic acids is 7. The summed E-state index contributed by atoms with van der Waals surface area (Å²) in [6.07, 6.45) is 2.21. The van der Waals surface area contributed by atoms with Gasteiger partial charge in [0.2, 0.25) is 0 Å². The number of rotatable bonds is 18. The van der Waals surface area contributed by atoms with Crippen LogP contribution in [0.4, 0.5) is 0 Å². The number of nitrogens with zero attached hydrogens (tertiary/aromatic N) is 6. The number of fused-ring (bicyclic) bond motifs is 6. The van der Waals surface area contributed by atoms with E-state index < -0.39 is 98.7 Å². The van der Waals surface area contributed by atoms with Gasteiger partial charge in [-0.3, -0.25) is 48.5 Å². The fraction of sp³-hybridized carbons (Fsp3) is 0.667. The first-order valence-electron chi connectivity index (χ1n) is 24.4. The first-order valence-corrected chi connectivity index (χ1v) is 24.4. The SMILES string of the molecule is COC(=O)CC[14C@@H]1/C2=C(\C)C3=N[14C@H]([C@H](CC(=O)OC)[14C@@]3(C)CCC(=O)OC)[14C]3(C)N=C(/C(C)=[14C]4\[N-]/C(=C\[14C](=N2)C1(C)C)[14C@@H](CCC(=O)OC)[C@]4(C)CC(=O)OC)[14C@@H](CCC(=O)OC)[C@]3(C)CC(=O)OC.[C-]#N.[C-]#N.[Co+3]. The Kier molecular flexibility index (Phi) is 23.0. The predicted molar refractivity (Wildman–Crippen MR) is 268 cm³/mol. The Bertz CT molecular complexity index is 2450. The van der Waals surface area contributed by atoms with E-state index in [0.717, 1.165) is 0 Å². The van der Waals surface area contributed by atoms with Gasteiger partial charge in [0, 0.05) is 82.5 Å². The summed E-state index contributed by atoms with van der Waals surface area (Å²) in [7, 11) is 9.17. The summed E-state index contributed by atoms with van der Waals surface area (Å²) in [6, 6.07) is -0.898. The molecule has 1 saturated heterocycles. The first-order chi connectivity index (χ1) is 34.8. The van der Waals surface area contributed by atoms with Gasteiger partial charge in [0.25, 0.3) is 0 Å². The van der Waals surface area contributed by atoms with Crippen LogP contribution in [0.5, 0.6) is 0 Å². The third-order valence-corrected chi connectivity index (χ3v) is 16.7. The Morgan fingerprint density at radius 1 is 0.680 bits per heavy atom. The third kappa shape index (κ3) is 12.6. The van der Waals surface area contributed by atoms with Crippen molar-refractivity contribution < 1.29 is 83.5 Å². The van der Waals surface area contributed by atoms with E-state index in [9.17, 15) is 33.6 Å². The van der Waals surface area contributed by atoms with Gasteiger partial charge in [-0.15, -0.1) is 5.70 Å². The molecule has 75 heavy (non-hydrogen) atoms. The molecule has 412 valence electrons. The minimum atomic E-state index is -1.38. The summed E-state index contributed by atoms with van der Waals surface area (Å²) in [5, 5.41) is 17.9. The molecule has 1 fully saturated rings. The van der Waals surface area contributed by atoms with Crippen molar-refractivity contribution in [2.75, 3.05) is 49.8 Å². The third-order valence-electron chi connectivity index (χ3n) is 16.7. The summed E-state index contributed by atoms with van der Waals surface area (Å²) >= 11 is 0. The molecule has 0 saturated carbocycles. The Balaban J connectivity index is 0.00000376. The van der Waals surface area contributed by atoms with Gasteiger partial charge in [-0.25, -0.2) is 0 Å². The van der Waals surface area contributed by atoms with E-state index in [1.54, 1.807) is 0 Å². The van der Waals surface area contributed by atoms with Crippen LogP contribution in [0.3, 0.4) is 0 Å². The molecule has 0 amide bonds. The summed E-state index contributed by atoms with van der Waals surface area (Å²) < 4.78 is 36.7. The second-order valence-electron chi connectivity index (χ2n) is 20.7. The molecule has 20 nitrogen and oxygen atoms in total. The summed E-state index contributed by atoms with van der Waals surface area (Å²) in [5.41, 5.74) is -0.993. The van der Waals surface area contributed by atoms with Crippen molar-refractivity contribution in [1.29, 1.82) is 10.5 Å². The number of esters is 7. The van der Waals surface area contributed by atoms with Crippen molar-refractivity contribution in [3.8, 4) is 0 Å². The molecule has 5 rings (SSSR count). The first kappa shape index (κ1) is 64.9. The topological polar surface area (TPSA) is 283 Å². The number of methoxy groups -OCH3 is 7. The molecule has 0 spiro atoms. The maximum absolute atomic E-state index is 14.0. The molecule has 21 heteroatoms. The molecule has 0 aromatic rings. The van der Waals surface area contributed by atoms with E-state index in [1.807, 2.05) is 61.5 Å². The smallest absolute Gasteiger partial charge is 0.664 e. The van der Waals surface area contributed by atoms with Crippen molar-refractivity contribution in [2.24, 2.45) is 60.3 Å². The van der Waals surface area contributed by atoms with Crippen LogP contribution in [0.15, 0.2) is 49.3 Å². The zero-order valence-electron chi connectivity index (χ0n) is 46.0. The molecule has 5 heterocycles. The molecular weight excluding hydrogens is 1030 g/mol. The fourth-order valence-corrected chi connectivity index (χ4v) is 12.2. The zero-order valence-corrected chi connectivity index (χ0v) is 47.0. The zero-order chi connectivity index (χ0) is 56.3. The van der Waals surface area contributed by atoms with E-state index in [0.29, 0.717) is 51.8 Å².